The van der Waals surface area contributed by atoms with Crippen LogP contribution in [0.2, 0.25) is 0 Å². The van der Waals surface area contributed by atoms with Gasteiger partial charge in [-0.2, -0.15) is 0 Å². The predicted octanol–water partition coefficient (Wildman–Crippen LogP) is 4.86. The van der Waals surface area contributed by atoms with Gasteiger partial charge in [0.2, 0.25) is 0 Å². The van der Waals surface area contributed by atoms with Crippen LogP contribution in [0.1, 0.15) is 11.1 Å². The fraction of sp³-hybridized carbons (Fsp3) is 0.0833. The van der Waals surface area contributed by atoms with Crippen molar-refractivity contribution < 1.29 is 4.39 Å². The minimum Gasteiger partial charge on any atom is -0.287 e. The number of rotatable bonds is 3. The van der Waals surface area contributed by atoms with Crippen molar-refractivity contribution in [2.24, 2.45) is 0 Å². The van der Waals surface area contributed by atoms with Crippen molar-refractivity contribution in [3.8, 4) is 5.69 Å². The highest BCUT2D eigenvalue weighted by Crippen LogP contribution is 2.31. The van der Waals surface area contributed by atoms with Crippen LogP contribution in [0.5, 0.6) is 0 Å². The van der Waals surface area contributed by atoms with Crippen molar-refractivity contribution in [3.05, 3.63) is 111 Å². The summed E-state index contributed by atoms with van der Waals surface area (Å²) in [7, 11) is 0. The lowest BCUT2D eigenvalue weighted by Crippen LogP contribution is -2.38. The second kappa shape index (κ2) is 7.07. The quantitative estimate of drug-likeness (QED) is 0.421. The molecule has 0 spiro atoms. The van der Waals surface area contributed by atoms with E-state index in [1.807, 2.05) is 55.5 Å². The topological polar surface area (TPSA) is 44.0 Å². The van der Waals surface area contributed by atoms with Crippen LogP contribution in [-0.4, -0.2) is 9.13 Å². The summed E-state index contributed by atoms with van der Waals surface area (Å²) >= 11 is 1.37. The van der Waals surface area contributed by atoms with Crippen molar-refractivity contribution in [1.29, 1.82) is 0 Å². The Bertz CT molecular complexity index is 1510. The van der Waals surface area contributed by atoms with Gasteiger partial charge in [0.25, 0.3) is 5.56 Å². The molecule has 3 aromatic carbocycles. The van der Waals surface area contributed by atoms with E-state index < -0.39 is 11.5 Å². The monoisotopic (exact) mass is 416 g/mol. The molecule has 2 heterocycles. The van der Waals surface area contributed by atoms with Crippen LogP contribution in [0.15, 0.2) is 82.4 Å². The number of aryl methyl sites for hydroxylation is 1. The minimum absolute atomic E-state index is 0.331. The number of aromatic nitrogens is 2. The van der Waals surface area contributed by atoms with Gasteiger partial charge in [0.1, 0.15) is 10.5 Å². The van der Waals surface area contributed by atoms with Gasteiger partial charge in [0.15, 0.2) is 0 Å². The van der Waals surface area contributed by atoms with Crippen LogP contribution in [-0.2, 0) is 6.54 Å². The molecule has 5 aromatic rings. The highest BCUT2D eigenvalue weighted by molar-refractivity contribution is 7.25. The number of thiophene rings is 1. The van der Waals surface area contributed by atoms with E-state index in [2.05, 4.69) is 0 Å². The van der Waals surface area contributed by atoms with Crippen molar-refractivity contribution in [2.45, 2.75) is 13.5 Å². The maximum Gasteiger partial charge on any atom is 0.336 e. The SMILES string of the molecule is Cc1ccc(Cn2c(=O)n(-c3ccc(F)cc3)c(=O)c3sc4ccccc4c32)cc1. The van der Waals surface area contributed by atoms with Crippen LogP contribution in [0, 0.1) is 12.7 Å². The number of nitrogens with zero attached hydrogens (tertiary/aromatic N) is 2. The van der Waals surface area contributed by atoms with E-state index in [0.29, 0.717) is 22.4 Å². The fourth-order valence-corrected chi connectivity index (χ4v) is 4.83. The molecule has 0 aliphatic carbocycles. The van der Waals surface area contributed by atoms with E-state index in [0.717, 1.165) is 25.8 Å². The van der Waals surface area contributed by atoms with Gasteiger partial charge in [-0.25, -0.2) is 13.8 Å². The van der Waals surface area contributed by atoms with Crippen molar-refractivity contribution >= 4 is 31.6 Å². The van der Waals surface area contributed by atoms with Crippen LogP contribution in [0.3, 0.4) is 0 Å². The Balaban J connectivity index is 1.87. The molecule has 0 amide bonds. The first-order valence-electron chi connectivity index (χ1n) is 9.51. The lowest BCUT2D eigenvalue weighted by Gasteiger charge is -2.13. The van der Waals surface area contributed by atoms with Crippen LogP contribution >= 0.6 is 11.3 Å². The van der Waals surface area contributed by atoms with Crippen molar-refractivity contribution in [1.82, 2.24) is 9.13 Å². The molecule has 148 valence electrons. The first-order chi connectivity index (χ1) is 14.5. The smallest absolute Gasteiger partial charge is 0.287 e. The second-order valence-corrected chi connectivity index (χ2v) is 8.30. The van der Waals surface area contributed by atoms with Gasteiger partial charge in [-0.05, 0) is 42.8 Å². The standard InChI is InChI=1S/C24H17FN2O2S/c1-15-6-8-16(9-7-15)14-26-21-19-4-2-3-5-20(19)30-22(21)23(28)27(24(26)29)18-12-10-17(25)11-13-18/h2-13H,14H2,1H3. The molecule has 0 N–H and O–H groups in total. The molecule has 0 bridgehead atoms. The minimum atomic E-state index is -0.441. The number of hydrogen-bond donors (Lipinski definition) is 0. The van der Waals surface area contributed by atoms with Gasteiger partial charge in [-0.15, -0.1) is 11.3 Å². The molecule has 0 aliphatic rings. The third-order valence-corrected chi connectivity index (χ3v) is 6.35. The van der Waals surface area contributed by atoms with Crippen LogP contribution in [0.4, 0.5) is 4.39 Å². The van der Waals surface area contributed by atoms with E-state index >= 15 is 0 Å². The first kappa shape index (κ1) is 18.5. The van der Waals surface area contributed by atoms with Gasteiger partial charge < -0.3 is 0 Å². The van der Waals surface area contributed by atoms with Gasteiger partial charge in [-0.3, -0.25) is 9.36 Å². The third kappa shape index (κ3) is 2.97. The molecule has 0 atom stereocenters. The zero-order valence-corrected chi connectivity index (χ0v) is 16.9. The Kier molecular flexibility index (Phi) is 4.37. The zero-order chi connectivity index (χ0) is 20.8. The molecule has 0 radical (unpaired) electrons. The summed E-state index contributed by atoms with van der Waals surface area (Å²) in [6.45, 7) is 2.34. The lowest BCUT2D eigenvalue weighted by atomic mass is 10.1. The Labute approximate surface area is 175 Å². The molecule has 4 nitrogen and oxygen atoms in total. The van der Waals surface area contributed by atoms with Gasteiger partial charge >= 0.3 is 5.69 Å². The molecule has 0 aliphatic heterocycles. The molecule has 0 saturated carbocycles. The van der Waals surface area contributed by atoms with E-state index in [1.165, 1.54) is 35.6 Å². The summed E-state index contributed by atoms with van der Waals surface area (Å²) in [4.78, 5) is 26.9. The predicted molar refractivity (Wildman–Crippen MR) is 119 cm³/mol. The third-order valence-electron chi connectivity index (χ3n) is 5.20. The Morgan fingerprint density at radius 2 is 1.60 bits per heavy atom. The average molecular weight is 416 g/mol. The summed E-state index contributed by atoms with van der Waals surface area (Å²) in [5.41, 5.74) is 2.26. The Hall–Kier alpha value is -3.51. The second-order valence-electron chi connectivity index (χ2n) is 7.25. The van der Waals surface area contributed by atoms with Crippen molar-refractivity contribution in [3.63, 3.8) is 0 Å². The van der Waals surface area contributed by atoms with Gasteiger partial charge in [-0.1, -0.05) is 48.0 Å². The lowest BCUT2D eigenvalue weighted by molar-refractivity contribution is 0.626. The van der Waals surface area contributed by atoms with E-state index in [1.54, 1.807) is 4.57 Å². The molecule has 5 rings (SSSR count). The summed E-state index contributed by atoms with van der Waals surface area (Å²) in [5.74, 6) is -0.422. The van der Waals surface area contributed by atoms with Crippen LogP contribution < -0.4 is 11.2 Å². The summed E-state index contributed by atoms with van der Waals surface area (Å²) in [6, 6.07) is 21.1. The molecule has 6 heteroatoms. The summed E-state index contributed by atoms with van der Waals surface area (Å²) < 4.78 is 17.6. The van der Waals surface area contributed by atoms with Gasteiger partial charge in [0.05, 0.1) is 17.7 Å². The summed E-state index contributed by atoms with van der Waals surface area (Å²) in [6.07, 6.45) is 0. The average Bonchev–Trinajstić information content (AvgIpc) is 3.14. The Morgan fingerprint density at radius 3 is 2.33 bits per heavy atom. The van der Waals surface area contributed by atoms with Gasteiger partial charge in [0, 0.05) is 10.1 Å². The summed E-state index contributed by atoms with van der Waals surface area (Å²) in [5, 5.41) is 0.880. The van der Waals surface area contributed by atoms with Crippen molar-refractivity contribution in [2.75, 3.05) is 0 Å². The highest BCUT2D eigenvalue weighted by atomic mass is 32.1. The highest BCUT2D eigenvalue weighted by Gasteiger charge is 2.19. The number of fused-ring (bicyclic) bond motifs is 3. The number of halogens is 1. The number of benzene rings is 3. The maximum absolute atomic E-state index is 13.5. The Morgan fingerprint density at radius 1 is 0.900 bits per heavy atom. The van der Waals surface area contributed by atoms with E-state index in [9.17, 15) is 14.0 Å². The maximum atomic E-state index is 13.5. The molecule has 2 aromatic heterocycles. The van der Waals surface area contributed by atoms with E-state index in [-0.39, 0.29) is 5.56 Å². The fourth-order valence-electron chi connectivity index (χ4n) is 3.69. The molecular formula is C24H17FN2O2S. The largest absolute Gasteiger partial charge is 0.336 e. The molecule has 30 heavy (non-hydrogen) atoms. The zero-order valence-electron chi connectivity index (χ0n) is 16.1. The van der Waals surface area contributed by atoms with E-state index in [4.69, 9.17) is 0 Å². The first-order valence-corrected chi connectivity index (χ1v) is 10.3. The normalized spacial score (nSPS) is 11.4. The molecule has 0 unspecified atom stereocenters. The molecule has 0 saturated heterocycles. The van der Waals surface area contributed by atoms with Crippen LogP contribution in [0.25, 0.3) is 26.0 Å². The molecule has 0 fully saturated rings. The number of hydrogen-bond acceptors (Lipinski definition) is 3. The molecular weight excluding hydrogens is 399 g/mol.